The van der Waals surface area contributed by atoms with Crippen LogP contribution in [0.3, 0.4) is 0 Å². The van der Waals surface area contributed by atoms with Crippen molar-refractivity contribution in [1.29, 1.82) is 0 Å². The van der Waals surface area contributed by atoms with Crippen molar-refractivity contribution in [3.8, 4) is 11.5 Å². The van der Waals surface area contributed by atoms with E-state index in [4.69, 9.17) is 0 Å². The average molecular weight is 283 g/mol. The first-order valence-corrected chi connectivity index (χ1v) is 5.99. The van der Waals surface area contributed by atoms with Gasteiger partial charge in [-0.05, 0) is 24.3 Å². The molecule has 7 nitrogen and oxygen atoms in total. The Balaban J connectivity index is 2.44. The number of nitrogens with zero attached hydrogens (tertiary/aromatic N) is 3. The normalized spacial score (nSPS) is 10.7. The maximum atomic E-state index is 11.4. The number of imidazole rings is 1. The Labute approximate surface area is 118 Å². The number of hydrogen-bond acceptors (Lipinski definition) is 4. The van der Waals surface area contributed by atoms with Gasteiger partial charge in [-0.15, -0.1) is 0 Å². The van der Waals surface area contributed by atoms with Crippen LogP contribution in [0.5, 0.6) is 0 Å². The largest absolute Gasteiger partial charge is 0.477 e. The third-order valence-corrected chi connectivity index (χ3v) is 2.98. The molecule has 2 N–H and O–H groups in total. The second-order valence-electron chi connectivity index (χ2n) is 4.24. The highest BCUT2D eigenvalue weighted by Gasteiger charge is 2.22. The number of carboxylic acid groups (broad SMARTS) is 2. The number of hydrogen-bond donors (Lipinski definition) is 2. The van der Waals surface area contributed by atoms with Gasteiger partial charge in [-0.1, -0.05) is 12.1 Å². The first-order valence-electron chi connectivity index (χ1n) is 5.99. The molecule has 3 aromatic heterocycles. The second kappa shape index (κ2) is 4.71. The molecule has 0 atom stereocenters. The van der Waals surface area contributed by atoms with Gasteiger partial charge in [0.2, 0.25) is 0 Å². The topological polar surface area (TPSA) is 105 Å². The zero-order chi connectivity index (χ0) is 15.0. The molecule has 0 fully saturated rings. The first kappa shape index (κ1) is 12.8. The highest BCUT2D eigenvalue weighted by Crippen LogP contribution is 2.23. The fraction of sp³-hybridized carbons (Fsp3) is 0. The van der Waals surface area contributed by atoms with Crippen LogP contribution in [-0.4, -0.2) is 36.5 Å². The van der Waals surface area contributed by atoms with Crippen LogP contribution in [0.4, 0.5) is 0 Å². The van der Waals surface area contributed by atoms with E-state index in [1.807, 2.05) is 0 Å². The Morgan fingerprint density at radius 1 is 1.00 bits per heavy atom. The Morgan fingerprint density at radius 3 is 2.43 bits per heavy atom. The summed E-state index contributed by atoms with van der Waals surface area (Å²) in [6.07, 6.45) is 1.53. The quantitative estimate of drug-likeness (QED) is 0.759. The van der Waals surface area contributed by atoms with Gasteiger partial charge in [-0.3, -0.25) is 9.38 Å². The van der Waals surface area contributed by atoms with Gasteiger partial charge in [0, 0.05) is 6.20 Å². The second-order valence-corrected chi connectivity index (χ2v) is 4.24. The van der Waals surface area contributed by atoms with E-state index in [9.17, 15) is 19.8 Å². The number of pyridine rings is 2. The molecular weight excluding hydrogens is 274 g/mol. The molecule has 21 heavy (non-hydrogen) atoms. The van der Waals surface area contributed by atoms with E-state index in [2.05, 4.69) is 9.97 Å². The summed E-state index contributed by atoms with van der Waals surface area (Å²) in [5, 5.41) is 18.5. The Kier molecular flexibility index (Phi) is 2.87. The molecule has 0 unspecified atom stereocenters. The summed E-state index contributed by atoms with van der Waals surface area (Å²) in [5.74, 6) is -2.22. The van der Waals surface area contributed by atoms with Gasteiger partial charge in [-0.2, -0.15) is 0 Å². The van der Waals surface area contributed by atoms with Crippen LogP contribution < -0.4 is 0 Å². The minimum atomic E-state index is -1.22. The maximum Gasteiger partial charge on any atom is 0.356 e. The number of aromatic carboxylic acids is 2. The van der Waals surface area contributed by atoms with Gasteiger partial charge in [0.1, 0.15) is 11.4 Å². The predicted molar refractivity (Wildman–Crippen MR) is 72.3 cm³/mol. The van der Waals surface area contributed by atoms with Crippen LogP contribution >= 0.6 is 0 Å². The van der Waals surface area contributed by atoms with E-state index in [-0.39, 0.29) is 22.7 Å². The highest BCUT2D eigenvalue weighted by molar-refractivity contribution is 5.97. The van der Waals surface area contributed by atoms with Crippen LogP contribution in [0.15, 0.2) is 42.6 Å². The minimum absolute atomic E-state index is 0.0758. The van der Waals surface area contributed by atoms with Crippen LogP contribution in [0.1, 0.15) is 21.0 Å². The smallest absolute Gasteiger partial charge is 0.356 e. The van der Waals surface area contributed by atoms with Crippen LogP contribution in [-0.2, 0) is 0 Å². The van der Waals surface area contributed by atoms with Gasteiger partial charge in [0.05, 0.1) is 5.52 Å². The van der Waals surface area contributed by atoms with Crippen molar-refractivity contribution < 1.29 is 19.8 Å². The SMILES string of the molecule is O=C(O)c1nc(-c2ccccn2)n2c(C(=O)O)cccc12. The summed E-state index contributed by atoms with van der Waals surface area (Å²) in [6, 6.07) is 9.43. The summed E-state index contributed by atoms with van der Waals surface area (Å²) in [7, 11) is 0. The fourth-order valence-corrected chi connectivity index (χ4v) is 2.13. The summed E-state index contributed by atoms with van der Waals surface area (Å²) < 4.78 is 1.29. The average Bonchev–Trinajstić information content (AvgIpc) is 2.87. The van der Waals surface area contributed by atoms with Crippen molar-refractivity contribution in [3.05, 3.63) is 54.0 Å². The molecule has 0 aliphatic carbocycles. The van der Waals surface area contributed by atoms with Crippen molar-refractivity contribution in [3.63, 3.8) is 0 Å². The van der Waals surface area contributed by atoms with E-state index in [1.54, 1.807) is 18.2 Å². The Hall–Kier alpha value is -3.22. The summed E-state index contributed by atoms with van der Waals surface area (Å²) >= 11 is 0. The van der Waals surface area contributed by atoms with Crippen molar-refractivity contribution >= 4 is 17.5 Å². The molecule has 7 heteroatoms. The number of carbonyl (C=O) groups is 2. The van der Waals surface area contributed by atoms with Crippen molar-refractivity contribution in [2.75, 3.05) is 0 Å². The Bertz CT molecular complexity index is 855. The molecule has 0 amide bonds. The summed E-state index contributed by atoms with van der Waals surface area (Å²) in [4.78, 5) is 30.8. The molecule has 0 bridgehead atoms. The molecule has 3 rings (SSSR count). The highest BCUT2D eigenvalue weighted by atomic mass is 16.4. The van der Waals surface area contributed by atoms with Crippen molar-refractivity contribution in [1.82, 2.24) is 14.4 Å². The lowest BCUT2D eigenvalue weighted by atomic mass is 10.2. The maximum absolute atomic E-state index is 11.4. The van der Waals surface area contributed by atoms with E-state index in [0.717, 1.165) is 0 Å². The number of rotatable bonds is 3. The lowest BCUT2D eigenvalue weighted by Crippen LogP contribution is -2.06. The molecule has 0 saturated carbocycles. The van der Waals surface area contributed by atoms with Gasteiger partial charge in [0.25, 0.3) is 0 Å². The van der Waals surface area contributed by atoms with E-state index < -0.39 is 11.9 Å². The van der Waals surface area contributed by atoms with Gasteiger partial charge in [-0.25, -0.2) is 14.6 Å². The molecule has 104 valence electrons. The molecule has 3 aromatic rings. The molecule has 0 aliphatic rings. The molecule has 0 aliphatic heterocycles. The van der Waals surface area contributed by atoms with Crippen LogP contribution in [0.2, 0.25) is 0 Å². The molecule has 0 aromatic carbocycles. The lowest BCUT2D eigenvalue weighted by Gasteiger charge is -2.04. The van der Waals surface area contributed by atoms with Crippen molar-refractivity contribution in [2.45, 2.75) is 0 Å². The standard InChI is InChI=1S/C14H9N3O4/c18-13(19)10-6-3-5-9-11(14(20)21)16-12(17(9)10)8-4-1-2-7-15-8/h1-7H,(H,18,19)(H,20,21). The molecule has 3 heterocycles. The molecular formula is C14H9N3O4. The zero-order valence-corrected chi connectivity index (χ0v) is 10.6. The lowest BCUT2D eigenvalue weighted by molar-refractivity contribution is 0.0678. The summed E-state index contributed by atoms with van der Waals surface area (Å²) in [6.45, 7) is 0. The zero-order valence-electron chi connectivity index (χ0n) is 10.6. The van der Waals surface area contributed by atoms with Gasteiger partial charge >= 0.3 is 11.9 Å². The third-order valence-electron chi connectivity index (χ3n) is 2.98. The van der Waals surface area contributed by atoms with Gasteiger partial charge in [0.15, 0.2) is 11.5 Å². The molecule has 0 radical (unpaired) electrons. The van der Waals surface area contributed by atoms with Gasteiger partial charge < -0.3 is 10.2 Å². The van der Waals surface area contributed by atoms with Crippen LogP contribution in [0, 0.1) is 0 Å². The number of aromatic nitrogens is 3. The van der Waals surface area contributed by atoms with E-state index in [0.29, 0.717) is 5.69 Å². The molecule has 0 saturated heterocycles. The van der Waals surface area contributed by atoms with E-state index in [1.165, 1.54) is 28.8 Å². The fourth-order valence-electron chi connectivity index (χ4n) is 2.13. The van der Waals surface area contributed by atoms with Crippen molar-refractivity contribution in [2.24, 2.45) is 0 Å². The Morgan fingerprint density at radius 2 is 1.81 bits per heavy atom. The minimum Gasteiger partial charge on any atom is -0.477 e. The summed E-state index contributed by atoms with van der Waals surface area (Å²) in [5.41, 5.74) is 0.323. The first-order chi connectivity index (χ1) is 10.1. The van der Waals surface area contributed by atoms with Crippen LogP contribution in [0.25, 0.3) is 17.0 Å². The third kappa shape index (κ3) is 2.00. The number of fused-ring (bicyclic) bond motifs is 1. The van der Waals surface area contributed by atoms with E-state index >= 15 is 0 Å². The molecule has 0 spiro atoms. The monoisotopic (exact) mass is 283 g/mol. The predicted octanol–water partition coefficient (Wildman–Crippen LogP) is 1.79. The number of carboxylic acids is 2.